The molecule has 5 nitrogen and oxygen atoms in total. The molecule has 0 spiro atoms. The molecular weight excluding hydrogens is 360 g/mol. The topological polar surface area (TPSA) is 78.4 Å². The van der Waals surface area contributed by atoms with Crippen molar-refractivity contribution in [1.82, 2.24) is 0 Å². The summed E-state index contributed by atoms with van der Waals surface area (Å²) in [5, 5.41) is 11.9. The quantitative estimate of drug-likeness (QED) is 0.410. The Hall–Kier alpha value is -1.92. The van der Waals surface area contributed by atoms with Crippen LogP contribution in [0.1, 0.15) is 32.1 Å². The van der Waals surface area contributed by atoms with E-state index >= 15 is 0 Å². The van der Waals surface area contributed by atoms with Gasteiger partial charge in [0.05, 0.1) is 22.0 Å². The van der Waals surface area contributed by atoms with Crippen LogP contribution < -0.4 is 10.5 Å². The third-order valence-electron chi connectivity index (χ3n) is 4.16. The van der Waals surface area contributed by atoms with Crippen LogP contribution in [0.5, 0.6) is 5.75 Å². The lowest BCUT2D eigenvalue weighted by Gasteiger charge is -2.24. The van der Waals surface area contributed by atoms with E-state index in [0.29, 0.717) is 10.8 Å². The molecule has 1 aliphatic rings. The van der Waals surface area contributed by atoms with Crippen molar-refractivity contribution in [3.8, 4) is 5.75 Å². The molecule has 132 valence electrons. The summed E-state index contributed by atoms with van der Waals surface area (Å²) >= 11 is 7.49. The van der Waals surface area contributed by atoms with Gasteiger partial charge in [0.2, 0.25) is 0 Å². The molecule has 1 saturated carbocycles. The number of nitrogen functional groups attached to an aromatic ring is 1. The Labute approximate surface area is 155 Å². The number of rotatable bonds is 5. The second-order valence-corrected chi connectivity index (χ2v) is 7.60. The van der Waals surface area contributed by atoms with E-state index in [-0.39, 0.29) is 17.5 Å². The van der Waals surface area contributed by atoms with Crippen LogP contribution in [-0.2, 0) is 0 Å². The molecule has 0 radical (unpaired) electrons. The number of anilines is 1. The zero-order valence-electron chi connectivity index (χ0n) is 13.6. The van der Waals surface area contributed by atoms with Crippen molar-refractivity contribution in [2.45, 2.75) is 48.0 Å². The molecule has 0 amide bonds. The lowest BCUT2D eigenvalue weighted by atomic mass is 9.98. The molecule has 3 rings (SSSR count). The number of nitrogens with zero attached hydrogens (tertiary/aromatic N) is 1. The van der Waals surface area contributed by atoms with E-state index in [4.69, 9.17) is 22.1 Å². The molecule has 0 heterocycles. The first kappa shape index (κ1) is 17.9. The van der Waals surface area contributed by atoms with Crippen LogP contribution in [0.25, 0.3) is 0 Å². The summed E-state index contributed by atoms with van der Waals surface area (Å²) in [6.45, 7) is 0. The Kier molecular flexibility index (Phi) is 5.71. The zero-order chi connectivity index (χ0) is 17.8. The van der Waals surface area contributed by atoms with Crippen LogP contribution in [0.3, 0.4) is 0 Å². The first-order chi connectivity index (χ1) is 12.0. The van der Waals surface area contributed by atoms with Crippen LogP contribution >= 0.6 is 23.4 Å². The van der Waals surface area contributed by atoms with Gasteiger partial charge < -0.3 is 10.5 Å². The second kappa shape index (κ2) is 7.97. The van der Waals surface area contributed by atoms with E-state index in [1.807, 2.05) is 18.2 Å². The molecule has 0 aromatic heterocycles. The van der Waals surface area contributed by atoms with Gasteiger partial charge in [0.25, 0.3) is 5.69 Å². The largest absolute Gasteiger partial charge is 0.489 e. The molecule has 2 aromatic carbocycles. The van der Waals surface area contributed by atoms with Crippen LogP contribution in [0.2, 0.25) is 5.02 Å². The number of nitro groups is 1. The number of halogens is 1. The highest BCUT2D eigenvalue weighted by Crippen LogP contribution is 2.41. The molecule has 2 aromatic rings. The molecule has 0 saturated heterocycles. The van der Waals surface area contributed by atoms with E-state index in [1.54, 1.807) is 12.1 Å². The van der Waals surface area contributed by atoms with Gasteiger partial charge in [0, 0.05) is 9.92 Å². The molecule has 0 unspecified atom stereocenters. The van der Waals surface area contributed by atoms with Crippen LogP contribution in [0, 0.1) is 10.1 Å². The maximum absolute atomic E-state index is 11.2. The predicted molar refractivity (Wildman–Crippen MR) is 101 cm³/mol. The van der Waals surface area contributed by atoms with E-state index < -0.39 is 4.92 Å². The Balaban J connectivity index is 1.93. The Morgan fingerprint density at radius 2 is 1.96 bits per heavy atom. The van der Waals surface area contributed by atoms with Gasteiger partial charge in [-0.2, -0.15) is 0 Å². The van der Waals surface area contributed by atoms with Crippen molar-refractivity contribution >= 4 is 34.7 Å². The third kappa shape index (κ3) is 4.58. The van der Waals surface area contributed by atoms with Gasteiger partial charge in [0.1, 0.15) is 11.4 Å². The Morgan fingerprint density at radius 1 is 1.20 bits per heavy atom. The van der Waals surface area contributed by atoms with Gasteiger partial charge in [-0.15, -0.1) is 0 Å². The van der Waals surface area contributed by atoms with Gasteiger partial charge >= 0.3 is 0 Å². The average Bonchev–Trinajstić information content (AvgIpc) is 2.58. The standard InChI is InChI=1S/C18H19ClN2O3S/c19-12-5-4-8-14(9-12)25-18-10-15(20)16(21(22)23)11-17(18)24-13-6-2-1-3-7-13/h4-5,8-11,13H,1-3,6-7,20H2. The fourth-order valence-electron chi connectivity index (χ4n) is 2.91. The Bertz CT molecular complexity index is 779. The van der Waals surface area contributed by atoms with Crippen molar-refractivity contribution in [1.29, 1.82) is 0 Å². The highest BCUT2D eigenvalue weighted by molar-refractivity contribution is 7.99. The molecule has 1 aliphatic carbocycles. The lowest BCUT2D eigenvalue weighted by molar-refractivity contribution is -0.384. The van der Waals surface area contributed by atoms with Gasteiger partial charge in [0.15, 0.2) is 0 Å². The summed E-state index contributed by atoms with van der Waals surface area (Å²) < 4.78 is 6.12. The van der Waals surface area contributed by atoms with Crippen molar-refractivity contribution in [3.05, 3.63) is 51.5 Å². The summed E-state index contributed by atoms with van der Waals surface area (Å²) in [6, 6.07) is 10.5. The highest BCUT2D eigenvalue weighted by Gasteiger charge is 2.22. The summed E-state index contributed by atoms with van der Waals surface area (Å²) in [6.07, 6.45) is 5.50. The van der Waals surface area contributed by atoms with E-state index in [0.717, 1.165) is 35.5 Å². The summed E-state index contributed by atoms with van der Waals surface area (Å²) in [5.74, 6) is 0.512. The molecule has 0 atom stereocenters. The van der Waals surface area contributed by atoms with Crippen molar-refractivity contribution < 1.29 is 9.66 Å². The first-order valence-electron chi connectivity index (χ1n) is 8.21. The molecule has 0 bridgehead atoms. The fourth-order valence-corrected chi connectivity index (χ4v) is 4.15. The minimum absolute atomic E-state index is 0.0932. The zero-order valence-corrected chi connectivity index (χ0v) is 15.2. The third-order valence-corrected chi connectivity index (χ3v) is 5.42. The molecule has 25 heavy (non-hydrogen) atoms. The molecule has 7 heteroatoms. The van der Waals surface area contributed by atoms with Gasteiger partial charge in [-0.25, -0.2) is 0 Å². The molecular formula is C18H19ClN2O3S. The minimum atomic E-state index is -0.475. The number of nitro benzene ring substituents is 1. The normalized spacial score (nSPS) is 15.1. The summed E-state index contributed by atoms with van der Waals surface area (Å²) in [5.41, 5.74) is 5.88. The summed E-state index contributed by atoms with van der Waals surface area (Å²) in [4.78, 5) is 12.4. The van der Waals surface area contributed by atoms with Gasteiger partial charge in [-0.05, 0) is 49.9 Å². The number of hydrogen-bond acceptors (Lipinski definition) is 5. The van der Waals surface area contributed by atoms with E-state index in [9.17, 15) is 10.1 Å². The van der Waals surface area contributed by atoms with Crippen LogP contribution in [-0.4, -0.2) is 11.0 Å². The van der Waals surface area contributed by atoms with Crippen LogP contribution in [0.4, 0.5) is 11.4 Å². The van der Waals surface area contributed by atoms with E-state index in [1.165, 1.54) is 24.2 Å². The van der Waals surface area contributed by atoms with Gasteiger partial charge in [-0.1, -0.05) is 35.9 Å². The van der Waals surface area contributed by atoms with Crippen molar-refractivity contribution in [2.75, 3.05) is 5.73 Å². The first-order valence-corrected chi connectivity index (χ1v) is 9.40. The van der Waals surface area contributed by atoms with Gasteiger partial charge in [-0.3, -0.25) is 10.1 Å². The number of nitrogens with two attached hydrogens (primary N) is 1. The molecule has 1 fully saturated rings. The van der Waals surface area contributed by atoms with Crippen molar-refractivity contribution in [2.24, 2.45) is 0 Å². The number of benzene rings is 2. The smallest absolute Gasteiger partial charge is 0.295 e. The highest BCUT2D eigenvalue weighted by atomic mass is 35.5. The number of hydrogen-bond donors (Lipinski definition) is 1. The summed E-state index contributed by atoms with van der Waals surface area (Å²) in [7, 11) is 0. The lowest BCUT2D eigenvalue weighted by Crippen LogP contribution is -2.20. The molecule has 2 N–H and O–H groups in total. The number of ether oxygens (including phenoxy) is 1. The molecule has 0 aliphatic heterocycles. The van der Waals surface area contributed by atoms with Crippen molar-refractivity contribution in [3.63, 3.8) is 0 Å². The fraction of sp³-hybridized carbons (Fsp3) is 0.333. The monoisotopic (exact) mass is 378 g/mol. The maximum Gasteiger partial charge on any atom is 0.295 e. The average molecular weight is 379 g/mol. The minimum Gasteiger partial charge on any atom is -0.489 e. The maximum atomic E-state index is 11.2. The predicted octanol–water partition coefficient (Wildman–Crippen LogP) is 5.69. The van der Waals surface area contributed by atoms with E-state index in [2.05, 4.69) is 0 Å². The Morgan fingerprint density at radius 3 is 2.64 bits per heavy atom. The van der Waals surface area contributed by atoms with Crippen LogP contribution in [0.15, 0.2) is 46.2 Å². The second-order valence-electron chi connectivity index (χ2n) is 6.05. The SMILES string of the molecule is Nc1cc(Sc2cccc(Cl)c2)c(OC2CCCCC2)cc1[N+](=O)[O-].